The first-order chi connectivity index (χ1) is 13.5. The van der Waals surface area contributed by atoms with Gasteiger partial charge in [0.2, 0.25) is 11.8 Å². The van der Waals surface area contributed by atoms with Crippen LogP contribution in [0.4, 0.5) is 0 Å². The maximum atomic E-state index is 12.6. The van der Waals surface area contributed by atoms with Crippen molar-refractivity contribution in [2.45, 2.75) is 33.1 Å². The lowest BCUT2D eigenvalue weighted by atomic mass is 9.85. The summed E-state index contributed by atoms with van der Waals surface area (Å²) < 4.78 is 5.56. The average molecular weight is 391 g/mol. The molecule has 2 N–H and O–H groups in total. The number of ether oxygens (including phenoxy) is 1. The molecule has 0 radical (unpaired) electrons. The topological polar surface area (TPSA) is 83.0 Å². The van der Waals surface area contributed by atoms with Gasteiger partial charge in [-0.2, -0.15) is 0 Å². The van der Waals surface area contributed by atoms with Gasteiger partial charge >= 0.3 is 0 Å². The second kappa shape index (κ2) is 9.54. The minimum Gasteiger partial charge on any atom is -0.381 e. The van der Waals surface area contributed by atoms with E-state index in [1.54, 1.807) is 7.05 Å². The molecule has 1 saturated heterocycles. The number of likely N-dealkylation sites (tertiary alicyclic amines) is 1. The molecule has 7 nitrogen and oxygen atoms in total. The fourth-order valence-corrected chi connectivity index (χ4v) is 4.55. The number of imide groups is 1. The van der Waals surface area contributed by atoms with E-state index in [0.29, 0.717) is 19.0 Å². The number of fused-ring (bicyclic) bond motifs is 5. The molecule has 0 aromatic heterocycles. The monoisotopic (exact) mass is 390 g/mol. The van der Waals surface area contributed by atoms with Crippen molar-refractivity contribution in [1.29, 1.82) is 0 Å². The van der Waals surface area contributed by atoms with Crippen molar-refractivity contribution >= 4 is 17.8 Å². The van der Waals surface area contributed by atoms with Gasteiger partial charge in [-0.05, 0) is 37.0 Å². The average Bonchev–Trinajstić information content (AvgIpc) is 3.35. The summed E-state index contributed by atoms with van der Waals surface area (Å²) >= 11 is 0. The van der Waals surface area contributed by atoms with Crippen molar-refractivity contribution in [3.63, 3.8) is 0 Å². The number of hydrogen-bond donors (Lipinski definition) is 2. The molecule has 0 aromatic rings. The highest BCUT2D eigenvalue weighted by molar-refractivity contribution is 6.06. The quantitative estimate of drug-likeness (QED) is 0.194. The van der Waals surface area contributed by atoms with Crippen LogP contribution in [-0.4, -0.2) is 62.6 Å². The Hall–Kier alpha value is -1.89. The van der Waals surface area contributed by atoms with Gasteiger partial charge in [-0.15, -0.1) is 0 Å². The molecule has 2 aliphatic carbocycles. The fourth-order valence-electron chi connectivity index (χ4n) is 4.55. The highest BCUT2D eigenvalue weighted by Crippen LogP contribution is 2.52. The largest absolute Gasteiger partial charge is 0.381 e. The number of nitrogens with zero attached hydrogens (tertiary/aromatic N) is 2. The van der Waals surface area contributed by atoms with Crippen LogP contribution in [0, 0.1) is 29.6 Å². The van der Waals surface area contributed by atoms with Crippen LogP contribution >= 0.6 is 0 Å². The maximum Gasteiger partial charge on any atom is 0.233 e. The molecule has 2 fully saturated rings. The van der Waals surface area contributed by atoms with E-state index in [9.17, 15) is 9.59 Å². The molecule has 0 spiro atoms. The van der Waals surface area contributed by atoms with Crippen molar-refractivity contribution < 1.29 is 14.3 Å². The molecule has 1 heterocycles. The first kappa shape index (κ1) is 20.8. The zero-order chi connectivity index (χ0) is 20.1. The van der Waals surface area contributed by atoms with Crippen molar-refractivity contribution in [3.8, 4) is 0 Å². The Balaban J connectivity index is 1.31. The third-order valence-corrected chi connectivity index (χ3v) is 5.85. The highest BCUT2D eigenvalue weighted by atomic mass is 16.5. The minimum absolute atomic E-state index is 0.0377. The van der Waals surface area contributed by atoms with Gasteiger partial charge < -0.3 is 15.4 Å². The zero-order valence-corrected chi connectivity index (χ0v) is 17.3. The van der Waals surface area contributed by atoms with Crippen LogP contribution in [-0.2, 0) is 14.3 Å². The molecule has 2 amide bonds. The van der Waals surface area contributed by atoms with Crippen LogP contribution in [0.5, 0.6) is 0 Å². The summed E-state index contributed by atoms with van der Waals surface area (Å²) in [4.78, 5) is 31.0. The zero-order valence-electron chi connectivity index (χ0n) is 17.3. The maximum absolute atomic E-state index is 12.6. The number of rotatable bonds is 10. The second-order valence-corrected chi connectivity index (χ2v) is 8.43. The van der Waals surface area contributed by atoms with Gasteiger partial charge in [0, 0.05) is 39.9 Å². The third kappa shape index (κ3) is 4.57. The smallest absolute Gasteiger partial charge is 0.233 e. The van der Waals surface area contributed by atoms with E-state index in [-0.39, 0.29) is 35.5 Å². The number of carbonyl (C=O) groups excluding carboxylic acids is 2. The normalized spacial score (nSPS) is 28.6. The Morgan fingerprint density at radius 2 is 1.75 bits per heavy atom. The standard InChI is InChI=1S/C21H34N4O3/c1-14(2)13-28-11-5-9-24-21(22-3)23-8-4-10-25-19(26)17-15-6-7-16(12-15)18(17)20(25)27/h6-7,14-18H,4-5,8-13H2,1-3H3,(H2,22,23,24). The summed E-state index contributed by atoms with van der Waals surface area (Å²) in [6, 6.07) is 0. The molecule has 4 unspecified atom stereocenters. The number of allylic oxidation sites excluding steroid dienone is 2. The molecule has 3 aliphatic rings. The minimum atomic E-state index is -0.0946. The van der Waals surface area contributed by atoms with E-state index in [4.69, 9.17) is 4.74 Å². The molecule has 7 heteroatoms. The molecule has 3 rings (SSSR count). The van der Waals surface area contributed by atoms with Gasteiger partial charge in [0.1, 0.15) is 0 Å². The lowest BCUT2D eigenvalue weighted by Crippen LogP contribution is -2.40. The SMILES string of the molecule is CN=C(NCCCOCC(C)C)NCCCN1C(=O)C2C3C=CC(C3)C2C1=O. The van der Waals surface area contributed by atoms with Gasteiger partial charge in [-0.25, -0.2) is 0 Å². The van der Waals surface area contributed by atoms with Crippen LogP contribution in [0.3, 0.4) is 0 Å². The Morgan fingerprint density at radius 3 is 2.32 bits per heavy atom. The summed E-state index contributed by atoms with van der Waals surface area (Å²) in [6.07, 6.45) is 6.88. The van der Waals surface area contributed by atoms with Gasteiger partial charge in [0.15, 0.2) is 5.96 Å². The van der Waals surface area contributed by atoms with Crippen LogP contribution in [0.15, 0.2) is 17.1 Å². The van der Waals surface area contributed by atoms with Gasteiger partial charge in [-0.3, -0.25) is 19.5 Å². The van der Waals surface area contributed by atoms with Crippen molar-refractivity contribution in [1.82, 2.24) is 15.5 Å². The number of nitrogens with one attached hydrogen (secondary N) is 2. The predicted molar refractivity (Wildman–Crippen MR) is 109 cm³/mol. The number of carbonyl (C=O) groups is 2. The Bertz CT molecular complexity index is 601. The molecule has 4 atom stereocenters. The lowest BCUT2D eigenvalue weighted by molar-refractivity contribution is -0.140. The number of hydrogen-bond acceptors (Lipinski definition) is 4. The fraction of sp³-hybridized carbons (Fsp3) is 0.762. The van der Waals surface area contributed by atoms with Gasteiger partial charge in [0.25, 0.3) is 0 Å². The first-order valence-electron chi connectivity index (χ1n) is 10.6. The molecule has 28 heavy (non-hydrogen) atoms. The number of guanidine groups is 1. The van der Waals surface area contributed by atoms with Crippen LogP contribution in [0.2, 0.25) is 0 Å². The van der Waals surface area contributed by atoms with Crippen LogP contribution in [0.1, 0.15) is 33.1 Å². The molecule has 2 bridgehead atoms. The van der Waals surface area contributed by atoms with E-state index in [0.717, 1.165) is 45.0 Å². The van der Waals surface area contributed by atoms with Crippen molar-refractivity contribution in [2.75, 3.05) is 39.9 Å². The van der Waals surface area contributed by atoms with E-state index in [1.807, 2.05) is 0 Å². The molecular weight excluding hydrogens is 356 g/mol. The second-order valence-electron chi connectivity index (χ2n) is 8.43. The van der Waals surface area contributed by atoms with Crippen LogP contribution in [0.25, 0.3) is 0 Å². The molecule has 156 valence electrons. The van der Waals surface area contributed by atoms with Gasteiger partial charge in [0.05, 0.1) is 11.8 Å². The number of aliphatic imine (C=N–C) groups is 1. The van der Waals surface area contributed by atoms with E-state index >= 15 is 0 Å². The van der Waals surface area contributed by atoms with E-state index in [1.165, 1.54) is 4.90 Å². The van der Waals surface area contributed by atoms with Crippen molar-refractivity contribution in [2.24, 2.45) is 34.6 Å². The van der Waals surface area contributed by atoms with Crippen molar-refractivity contribution in [3.05, 3.63) is 12.2 Å². The molecule has 1 saturated carbocycles. The Kier molecular flexibility index (Phi) is 7.10. The number of amides is 2. The van der Waals surface area contributed by atoms with Crippen LogP contribution < -0.4 is 10.6 Å². The third-order valence-electron chi connectivity index (χ3n) is 5.85. The summed E-state index contributed by atoms with van der Waals surface area (Å²) in [7, 11) is 1.74. The Labute approximate surface area is 168 Å². The summed E-state index contributed by atoms with van der Waals surface area (Å²) in [5.41, 5.74) is 0. The Morgan fingerprint density at radius 1 is 1.14 bits per heavy atom. The summed E-state index contributed by atoms with van der Waals surface area (Å²) in [5, 5.41) is 6.51. The molecule has 0 aromatic carbocycles. The first-order valence-corrected chi connectivity index (χ1v) is 10.6. The molecular formula is C21H34N4O3. The molecule has 1 aliphatic heterocycles. The summed E-state index contributed by atoms with van der Waals surface area (Å²) in [5.74, 6) is 1.74. The van der Waals surface area contributed by atoms with Gasteiger partial charge in [-0.1, -0.05) is 26.0 Å². The predicted octanol–water partition coefficient (Wildman–Crippen LogP) is 1.41. The lowest BCUT2D eigenvalue weighted by Gasteiger charge is -2.18. The highest BCUT2D eigenvalue weighted by Gasteiger charge is 2.58. The van der Waals surface area contributed by atoms with E-state index in [2.05, 4.69) is 41.6 Å². The van der Waals surface area contributed by atoms with E-state index < -0.39 is 0 Å². The summed E-state index contributed by atoms with van der Waals surface area (Å²) in [6.45, 7) is 7.75.